The normalized spacial score (nSPS) is 14.0. The molecule has 0 spiro atoms. The first kappa shape index (κ1) is 7.18. The lowest BCUT2D eigenvalue weighted by Crippen LogP contribution is -2.11. The highest BCUT2D eigenvalue weighted by Crippen LogP contribution is 2.12. The van der Waals surface area contributed by atoms with Gasteiger partial charge in [-0.2, -0.15) is 0 Å². The number of aromatic nitrogens is 4. The van der Waals surface area contributed by atoms with Gasteiger partial charge in [-0.15, -0.1) is 5.10 Å². The molecular weight excluding hydrogens is 128 g/mol. The summed E-state index contributed by atoms with van der Waals surface area (Å²) in [7, 11) is 0. The summed E-state index contributed by atoms with van der Waals surface area (Å²) in [6, 6.07) is 0.384. The van der Waals surface area contributed by atoms with E-state index < -0.39 is 0 Å². The van der Waals surface area contributed by atoms with E-state index in [1.807, 2.05) is 0 Å². The highest BCUT2D eigenvalue weighted by Gasteiger charge is 2.08. The van der Waals surface area contributed by atoms with Crippen LogP contribution in [0.25, 0.3) is 0 Å². The van der Waals surface area contributed by atoms with Gasteiger partial charge in [0.1, 0.15) is 6.33 Å². The van der Waals surface area contributed by atoms with Gasteiger partial charge in [-0.1, -0.05) is 13.8 Å². The van der Waals surface area contributed by atoms with Crippen LogP contribution in [0.4, 0.5) is 0 Å². The second kappa shape index (κ2) is 2.77. The maximum absolute atomic E-state index is 3.79. The molecule has 1 unspecified atom stereocenters. The van der Waals surface area contributed by atoms with Crippen LogP contribution in [0.15, 0.2) is 6.33 Å². The fourth-order valence-electron chi connectivity index (χ4n) is 0.660. The largest absolute Gasteiger partial charge is 0.229 e. The van der Waals surface area contributed by atoms with Gasteiger partial charge in [0.15, 0.2) is 0 Å². The maximum atomic E-state index is 3.79. The Morgan fingerprint density at radius 3 is 2.40 bits per heavy atom. The third kappa shape index (κ3) is 1.32. The minimum atomic E-state index is 0.384. The van der Waals surface area contributed by atoms with Crippen LogP contribution in [0.3, 0.4) is 0 Å². The Morgan fingerprint density at radius 2 is 2.00 bits per heavy atom. The highest BCUT2D eigenvalue weighted by atomic mass is 15.5. The van der Waals surface area contributed by atoms with Gasteiger partial charge < -0.3 is 0 Å². The number of nitrogens with zero attached hydrogens (tertiary/aromatic N) is 4. The van der Waals surface area contributed by atoms with E-state index in [2.05, 4.69) is 36.3 Å². The number of hydrogen-bond acceptors (Lipinski definition) is 3. The van der Waals surface area contributed by atoms with Crippen LogP contribution in [0.2, 0.25) is 0 Å². The molecule has 10 heavy (non-hydrogen) atoms. The minimum absolute atomic E-state index is 0.384. The lowest BCUT2D eigenvalue weighted by Gasteiger charge is -2.13. The predicted molar refractivity (Wildman–Crippen MR) is 37.4 cm³/mol. The number of tetrazole rings is 1. The van der Waals surface area contributed by atoms with E-state index in [-0.39, 0.29) is 0 Å². The summed E-state index contributed by atoms with van der Waals surface area (Å²) in [6.45, 7) is 6.39. The standard InChI is InChI=1S/C6H12N4/c1-5(2)6(3)10-4-7-8-9-10/h4-6H,1-3H3. The second-order valence-corrected chi connectivity index (χ2v) is 2.77. The molecule has 1 heterocycles. The van der Waals surface area contributed by atoms with E-state index in [9.17, 15) is 0 Å². The Kier molecular flexibility index (Phi) is 1.99. The Morgan fingerprint density at radius 1 is 1.30 bits per heavy atom. The molecule has 0 N–H and O–H groups in total. The zero-order chi connectivity index (χ0) is 7.56. The zero-order valence-electron chi connectivity index (χ0n) is 6.52. The van der Waals surface area contributed by atoms with Gasteiger partial charge in [0.2, 0.25) is 0 Å². The molecule has 0 aliphatic carbocycles. The molecule has 1 aromatic heterocycles. The highest BCUT2D eigenvalue weighted by molar-refractivity contribution is 4.62. The van der Waals surface area contributed by atoms with Gasteiger partial charge in [-0.25, -0.2) is 4.68 Å². The average Bonchev–Trinajstić information content (AvgIpc) is 2.36. The van der Waals surface area contributed by atoms with Crippen molar-refractivity contribution in [2.45, 2.75) is 26.8 Å². The van der Waals surface area contributed by atoms with Crippen molar-refractivity contribution in [1.29, 1.82) is 0 Å². The summed E-state index contributed by atoms with van der Waals surface area (Å²) in [5.41, 5.74) is 0. The lowest BCUT2D eigenvalue weighted by atomic mass is 10.1. The Labute approximate surface area is 60.2 Å². The second-order valence-electron chi connectivity index (χ2n) is 2.77. The maximum Gasteiger partial charge on any atom is 0.138 e. The molecule has 0 saturated carbocycles. The van der Waals surface area contributed by atoms with Crippen molar-refractivity contribution < 1.29 is 0 Å². The smallest absolute Gasteiger partial charge is 0.138 e. The molecule has 1 aromatic rings. The van der Waals surface area contributed by atoms with Gasteiger partial charge in [0.25, 0.3) is 0 Å². The molecule has 4 heteroatoms. The lowest BCUT2D eigenvalue weighted by molar-refractivity contribution is 0.368. The van der Waals surface area contributed by atoms with Crippen LogP contribution in [-0.4, -0.2) is 20.2 Å². The molecule has 0 aromatic carbocycles. The first-order valence-electron chi connectivity index (χ1n) is 3.44. The summed E-state index contributed by atoms with van der Waals surface area (Å²) >= 11 is 0. The van der Waals surface area contributed by atoms with E-state index in [0.29, 0.717) is 12.0 Å². The third-order valence-electron chi connectivity index (χ3n) is 1.75. The summed E-state index contributed by atoms with van der Waals surface area (Å²) in [6.07, 6.45) is 1.64. The van der Waals surface area contributed by atoms with E-state index in [0.717, 1.165) is 0 Å². The molecule has 0 bridgehead atoms. The molecule has 0 amide bonds. The van der Waals surface area contributed by atoms with Gasteiger partial charge in [-0.05, 0) is 23.3 Å². The van der Waals surface area contributed by atoms with E-state index >= 15 is 0 Å². The molecule has 1 rings (SSSR count). The van der Waals surface area contributed by atoms with Gasteiger partial charge in [0, 0.05) is 0 Å². The molecule has 56 valence electrons. The summed E-state index contributed by atoms with van der Waals surface area (Å²) in [4.78, 5) is 0. The SMILES string of the molecule is CC(C)C(C)n1cnnn1. The number of hydrogen-bond donors (Lipinski definition) is 0. The average molecular weight is 140 g/mol. The van der Waals surface area contributed by atoms with Crippen LogP contribution in [0, 0.1) is 5.92 Å². The third-order valence-corrected chi connectivity index (χ3v) is 1.75. The summed E-state index contributed by atoms with van der Waals surface area (Å²) in [5.74, 6) is 0.573. The van der Waals surface area contributed by atoms with E-state index in [4.69, 9.17) is 0 Å². The van der Waals surface area contributed by atoms with Crippen molar-refractivity contribution in [2.75, 3.05) is 0 Å². The first-order chi connectivity index (χ1) is 4.72. The van der Waals surface area contributed by atoms with Crippen molar-refractivity contribution in [1.82, 2.24) is 20.2 Å². The van der Waals surface area contributed by atoms with Crippen molar-refractivity contribution in [3.05, 3.63) is 6.33 Å². The van der Waals surface area contributed by atoms with E-state index in [1.54, 1.807) is 11.0 Å². The summed E-state index contributed by atoms with van der Waals surface area (Å²) < 4.78 is 1.77. The Hall–Kier alpha value is -0.930. The zero-order valence-corrected chi connectivity index (χ0v) is 6.52. The van der Waals surface area contributed by atoms with Gasteiger partial charge >= 0.3 is 0 Å². The molecule has 4 nitrogen and oxygen atoms in total. The monoisotopic (exact) mass is 140 g/mol. The Balaban J connectivity index is 2.68. The molecule has 0 radical (unpaired) electrons. The van der Waals surface area contributed by atoms with Crippen LogP contribution in [-0.2, 0) is 0 Å². The Bertz CT molecular complexity index is 180. The van der Waals surface area contributed by atoms with Crippen LogP contribution in [0.1, 0.15) is 26.8 Å². The fraction of sp³-hybridized carbons (Fsp3) is 0.833. The van der Waals surface area contributed by atoms with Crippen molar-refractivity contribution in [2.24, 2.45) is 5.92 Å². The molecule has 0 aliphatic rings. The number of rotatable bonds is 2. The fourth-order valence-corrected chi connectivity index (χ4v) is 0.660. The molecular formula is C6H12N4. The molecule has 0 aliphatic heterocycles. The van der Waals surface area contributed by atoms with Crippen LogP contribution >= 0.6 is 0 Å². The van der Waals surface area contributed by atoms with Gasteiger partial charge in [0.05, 0.1) is 6.04 Å². The minimum Gasteiger partial charge on any atom is -0.229 e. The predicted octanol–water partition coefficient (Wildman–Crippen LogP) is 0.890. The first-order valence-corrected chi connectivity index (χ1v) is 3.44. The van der Waals surface area contributed by atoms with Crippen LogP contribution < -0.4 is 0 Å². The topological polar surface area (TPSA) is 43.6 Å². The summed E-state index contributed by atoms with van der Waals surface area (Å²) in [5, 5.41) is 10.9. The van der Waals surface area contributed by atoms with Crippen molar-refractivity contribution >= 4 is 0 Å². The van der Waals surface area contributed by atoms with Crippen molar-refractivity contribution in [3.63, 3.8) is 0 Å². The van der Waals surface area contributed by atoms with Gasteiger partial charge in [-0.3, -0.25) is 0 Å². The molecule has 0 fully saturated rings. The quantitative estimate of drug-likeness (QED) is 0.612. The van der Waals surface area contributed by atoms with Crippen LogP contribution in [0.5, 0.6) is 0 Å². The van der Waals surface area contributed by atoms with E-state index in [1.165, 1.54) is 0 Å². The van der Waals surface area contributed by atoms with Crippen molar-refractivity contribution in [3.8, 4) is 0 Å². The molecule has 1 atom stereocenters. The molecule has 0 saturated heterocycles.